The zero-order valence-corrected chi connectivity index (χ0v) is 16.6. The Morgan fingerprint density at radius 2 is 1.68 bits per heavy atom. The number of hydrogen-bond acceptors (Lipinski definition) is 3. The van der Waals surface area contributed by atoms with Gasteiger partial charge in [0.05, 0.1) is 0 Å². The van der Waals surface area contributed by atoms with E-state index in [1.54, 1.807) is 31.2 Å². The summed E-state index contributed by atoms with van der Waals surface area (Å²) >= 11 is 6.01. The fourth-order valence-corrected chi connectivity index (χ4v) is 2.68. The first-order valence-corrected chi connectivity index (χ1v) is 9.39. The molecule has 1 atom stereocenters. The molecule has 0 saturated carbocycles. The van der Waals surface area contributed by atoms with Crippen molar-refractivity contribution in [2.75, 3.05) is 5.32 Å². The molecule has 5 heteroatoms. The Labute approximate surface area is 170 Å². The van der Waals surface area contributed by atoms with Crippen molar-refractivity contribution in [2.45, 2.75) is 26.6 Å². The van der Waals surface area contributed by atoms with E-state index >= 15 is 0 Å². The van der Waals surface area contributed by atoms with Crippen molar-refractivity contribution < 1.29 is 14.3 Å². The van der Waals surface area contributed by atoms with Crippen LogP contribution in [-0.4, -0.2) is 12.0 Å². The predicted octanol–water partition coefficient (Wildman–Crippen LogP) is 5.63. The van der Waals surface area contributed by atoms with Gasteiger partial charge in [-0.3, -0.25) is 4.79 Å². The molecule has 4 nitrogen and oxygen atoms in total. The smallest absolute Gasteiger partial charge is 0.265 e. The van der Waals surface area contributed by atoms with Gasteiger partial charge < -0.3 is 14.8 Å². The number of carbonyl (C=O) groups excluding carboxylic acids is 1. The van der Waals surface area contributed by atoms with E-state index in [9.17, 15) is 4.79 Å². The van der Waals surface area contributed by atoms with E-state index < -0.39 is 6.10 Å². The summed E-state index contributed by atoms with van der Waals surface area (Å²) in [6.45, 7) is 4.09. The van der Waals surface area contributed by atoms with Gasteiger partial charge in [-0.05, 0) is 67.4 Å². The first-order valence-electron chi connectivity index (χ1n) is 9.02. The van der Waals surface area contributed by atoms with Gasteiger partial charge in [-0.1, -0.05) is 41.9 Å². The molecule has 144 valence electrons. The van der Waals surface area contributed by atoms with Gasteiger partial charge in [0.25, 0.3) is 5.91 Å². The van der Waals surface area contributed by atoms with Crippen LogP contribution in [0.3, 0.4) is 0 Å². The Kier molecular flexibility index (Phi) is 6.56. The third kappa shape index (κ3) is 5.51. The van der Waals surface area contributed by atoms with Crippen molar-refractivity contribution in [2.24, 2.45) is 0 Å². The van der Waals surface area contributed by atoms with Gasteiger partial charge in [0.15, 0.2) is 6.10 Å². The van der Waals surface area contributed by atoms with Crippen LogP contribution >= 0.6 is 11.6 Å². The number of amides is 1. The molecular weight excluding hydrogens is 374 g/mol. The highest BCUT2D eigenvalue weighted by molar-refractivity contribution is 6.31. The number of halogens is 1. The summed E-state index contributed by atoms with van der Waals surface area (Å²) in [5.41, 5.74) is 2.68. The van der Waals surface area contributed by atoms with Crippen molar-refractivity contribution in [3.05, 3.63) is 88.9 Å². The minimum atomic E-state index is -0.644. The molecule has 0 aliphatic carbocycles. The minimum absolute atomic E-state index is 0.231. The van der Waals surface area contributed by atoms with Gasteiger partial charge in [0, 0.05) is 10.7 Å². The molecule has 0 saturated heterocycles. The summed E-state index contributed by atoms with van der Waals surface area (Å²) in [4.78, 5) is 12.4. The fraction of sp³-hybridized carbons (Fsp3) is 0.174. The molecule has 0 bridgehead atoms. The highest BCUT2D eigenvalue weighted by Crippen LogP contribution is 2.22. The van der Waals surface area contributed by atoms with Crippen LogP contribution in [-0.2, 0) is 11.4 Å². The summed E-state index contributed by atoms with van der Waals surface area (Å²) in [6, 6.07) is 22.5. The van der Waals surface area contributed by atoms with Crippen molar-refractivity contribution in [1.82, 2.24) is 0 Å². The van der Waals surface area contributed by atoms with E-state index in [1.807, 2.05) is 55.5 Å². The Hall–Kier alpha value is -2.98. The van der Waals surface area contributed by atoms with Crippen molar-refractivity contribution in [1.29, 1.82) is 0 Å². The van der Waals surface area contributed by atoms with Gasteiger partial charge in [-0.15, -0.1) is 0 Å². The maximum atomic E-state index is 12.4. The highest BCUT2D eigenvalue weighted by atomic mass is 35.5. The normalized spacial score (nSPS) is 11.5. The lowest BCUT2D eigenvalue weighted by Gasteiger charge is -2.15. The van der Waals surface area contributed by atoms with E-state index in [0.29, 0.717) is 23.1 Å². The molecule has 1 amide bonds. The van der Waals surface area contributed by atoms with Crippen LogP contribution < -0.4 is 14.8 Å². The van der Waals surface area contributed by atoms with Crippen LogP contribution in [0.1, 0.15) is 18.1 Å². The Morgan fingerprint density at radius 3 is 2.36 bits per heavy atom. The third-order valence-electron chi connectivity index (χ3n) is 4.18. The molecule has 0 aromatic heterocycles. The molecule has 3 aromatic carbocycles. The van der Waals surface area contributed by atoms with E-state index in [2.05, 4.69) is 5.32 Å². The molecule has 28 heavy (non-hydrogen) atoms. The SMILES string of the molecule is Cc1cc(O[C@@H](C)C(=O)Nc2ccc(OCc3ccccc3)cc2)ccc1Cl. The maximum Gasteiger partial charge on any atom is 0.265 e. The molecule has 3 aromatic rings. The molecule has 1 N–H and O–H groups in total. The lowest BCUT2D eigenvalue weighted by Crippen LogP contribution is -2.30. The van der Waals surface area contributed by atoms with E-state index in [0.717, 1.165) is 16.9 Å². The number of anilines is 1. The zero-order chi connectivity index (χ0) is 19.9. The summed E-state index contributed by atoms with van der Waals surface area (Å²) in [7, 11) is 0. The van der Waals surface area contributed by atoms with Crippen LogP contribution in [0.2, 0.25) is 5.02 Å². The van der Waals surface area contributed by atoms with Crippen LogP contribution in [0.15, 0.2) is 72.8 Å². The van der Waals surface area contributed by atoms with Crippen LogP contribution in [0.5, 0.6) is 11.5 Å². The highest BCUT2D eigenvalue weighted by Gasteiger charge is 2.15. The molecular formula is C23H22ClNO3. The zero-order valence-electron chi connectivity index (χ0n) is 15.8. The van der Waals surface area contributed by atoms with Crippen molar-refractivity contribution in [3.63, 3.8) is 0 Å². The van der Waals surface area contributed by atoms with Gasteiger partial charge in [0.1, 0.15) is 18.1 Å². The molecule has 0 fully saturated rings. The van der Waals surface area contributed by atoms with Crippen LogP contribution in [0.25, 0.3) is 0 Å². The van der Waals surface area contributed by atoms with E-state index in [4.69, 9.17) is 21.1 Å². The lowest BCUT2D eigenvalue weighted by atomic mass is 10.2. The molecule has 0 aliphatic heterocycles. The molecule has 0 aliphatic rings. The van der Waals surface area contributed by atoms with Gasteiger partial charge >= 0.3 is 0 Å². The van der Waals surface area contributed by atoms with Gasteiger partial charge in [0.2, 0.25) is 0 Å². The summed E-state index contributed by atoms with van der Waals surface area (Å²) in [6.07, 6.45) is -0.644. The second kappa shape index (κ2) is 9.29. The number of ether oxygens (including phenoxy) is 2. The maximum absolute atomic E-state index is 12.4. The predicted molar refractivity (Wildman–Crippen MR) is 112 cm³/mol. The number of rotatable bonds is 7. The summed E-state index contributed by atoms with van der Waals surface area (Å²) in [5.74, 6) is 1.11. The van der Waals surface area contributed by atoms with Crippen molar-refractivity contribution >= 4 is 23.2 Å². The second-order valence-electron chi connectivity index (χ2n) is 6.46. The number of aryl methyl sites for hydroxylation is 1. The van der Waals surface area contributed by atoms with Gasteiger partial charge in [-0.25, -0.2) is 0 Å². The van der Waals surface area contributed by atoms with E-state index in [1.165, 1.54) is 0 Å². The van der Waals surface area contributed by atoms with Crippen LogP contribution in [0.4, 0.5) is 5.69 Å². The minimum Gasteiger partial charge on any atom is -0.489 e. The molecule has 0 spiro atoms. The number of nitrogens with one attached hydrogen (secondary N) is 1. The number of benzene rings is 3. The lowest BCUT2D eigenvalue weighted by molar-refractivity contribution is -0.122. The quantitative estimate of drug-likeness (QED) is 0.563. The van der Waals surface area contributed by atoms with E-state index in [-0.39, 0.29) is 5.91 Å². The summed E-state index contributed by atoms with van der Waals surface area (Å²) < 4.78 is 11.5. The third-order valence-corrected chi connectivity index (χ3v) is 4.61. The first-order chi connectivity index (χ1) is 13.5. The first kappa shape index (κ1) is 19.8. The van der Waals surface area contributed by atoms with Crippen LogP contribution in [0, 0.1) is 6.92 Å². The average Bonchev–Trinajstić information content (AvgIpc) is 2.71. The topological polar surface area (TPSA) is 47.6 Å². The Morgan fingerprint density at radius 1 is 1.00 bits per heavy atom. The molecule has 0 unspecified atom stereocenters. The second-order valence-corrected chi connectivity index (χ2v) is 6.87. The summed E-state index contributed by atoms with van der Waals surface area (Å²) in [5, 5.41) is 3.51. The largest absolute Gasteiger partial charge is 0.489 e. The molecule has 3 rings (SSSR count). The number of hydrogen-bond donors (Lipinski definition) is 1. The number of carbonyl (C=O) groups is 1. The fourth-order valence-electron chi connectivity index (χ4n) is 2.57. The van der Waals surface area contributed by atoms with Gasteiger partial charge in [-0.2, -0.15) is 0 Å². The Bertz CT molecular complexity index is 926. The van der Waals surface area contributed by atoms with Crippen molar-refractivity contribution in [3.8, 4) is 11.5 Å². The average molecular weight is 396 g/mol. The standard InChI is InChI=1S/C23H22ClNO3/c1-16-14-21(12-13-22(16)24)28-17(2)23(26)25-19-8-10-20(11-9-19)27-15-18-6-4-3-5-7-18/h3-14,17H,15H2,1-2H3,(H,25,26)/t17-/m0/s1. The Balaban J connectivity index is 1.52. The monoisotopic (exact) mass is 395 g/mol. The molecule has 0 heterocycles. The molecule has 0 radical (unpaired) electrons.